The molecule has 3 nitrogen and oxygen atoms in total. The van der Waals surface area contributed by atoms with E-state index in [0.717, 1.165) is 19.4 Å². The van der Waals surface area contributed by atoms with E-state index in [4.69, 9.17) is 5.11 Å². The van der Waals surface area contributed by atoms with E-state index in [-0.39, 0.29) is 6.61 Å². The summed E-state index contributed by atoms with van der Waals surface area (Å²) in [5, 5.41) is 12.5. The Balaban J connectivity index is 1.84. The largest absolute Gasteiger partial charge is 0.396 e. The zero-order valence-corrected chi connectivity index (χ0v) is 11.9. The summed E-state index contributed by atoms with van der Waals surface area (Å²) in [6.07, 6.45) is 4.54. The van der Waals surface area contributed by atoms with Gasteiger partial charge in [0.05, 0.1) is 0 Å². The lowest BCUT2D eigenvalue weighted by Crippen LogP contribution is -2.28. The fraction of sp³-hybridized carbons (Fsp3) is 0.625. The molecule has 1 heterocycles. The highest BCUT2D eigenvalue weighted by molar-refractivity contribution is 5.48. The molecule has 0 saturated carbocycles. The van der Waals surface area contributed by atoms with Gasteiger partial charge in [-0.15, -0.1) is 0 Å². The van der Waals surface area contributed by atoms with Crippen LogP contribution in [0.5, 0.6) is 0 Å². The van der Waals surface area contributed by atoms with Gasteiger partial charge in [0.2, 0.25) is 0 Å². The third kappa shape index (κ3) is 4.22. The third-order valence-electron chi connectivity index (χ3n) is 3.97. The molecule has 0 bridgehead atoms. The van der Waals surface area contributed by atoms with Crippen LogP contribution in [0, 0.1) is 0 Å². The summed E-state index contributed by atoms with van der Waals surface area (Å²) >= 11 is 0. The Morgan fingerprint density at radius 3 is 2.47 bits per heavy atom. The van der Waals surface area contributed by atoms with E-state index in [0.29, 0.717) is 6.04 Å². The topological polar surface area (TPSA) is 35.5 Å². The molecular weight excluding hydrogens is 236 g/mol. The van der Waals surface area contributed by atoms with Gasteiger partial charge in [0.25, 0.3) is 0 Å². The Kier molecular flexibility index (Phi) is 5.67. The molecule has 0 radical (unpaired) electrons. The van der Waals surface area contributed by atoms with Crippen molar-refractivity contribution in [2.75, 3.05) is 24.6 Å². The maximum atomic E-state index is 8.98. The maximum Gasteiger partial charge on any atom is 0.0445 e. The zero-order valence-electron chi connectivity index (χ0n) is 11.9. The van der Waals surface area contributed by atoms with Crippen molar-refractivity contribution in [2.45, 2.75) is 45.2 Å². The van der Waals surface area contributed by atoms with Gasteiger partial charge in [-0.25, -0.2) is 0 Å². The van der Waals surface area contributed by atoms with Gasteiger partial charge in [-0.1, -0.05) is 19.1 Å². The van der Waals surface area contributed by atoms with Crippen molar-refractivity contribution in [1.29, 1.82) is 0 Å². The molecule has 1 atom stereocenters. The number of anilines is 1. The van der Waals surface area contributed by atoms with Crippen LogP contribution in [-0.2, 0) is 6.54 Å². The minimum Gasteiger partial charge on any atom is -0.396 e. The summed E-state index contributed by atoms with van der Waals surface area (Å²) in [5.74, 6) is 0. The summed E-state index contributed by atoms with van der Waals surface area (Å²) in [6, 6.07) is 9.31. The van der Waals surface area contributed by atoms with Crippen LogP contribution in [0.3, 0.4) is 0 Å². The second-order valence-electron chi connectivity index (χ2n) is 5.36. The molecule has 0 aromatic heterocycles. The summed E-state index contributed by atoms with van der Waals surface area (Å²) in [6.45, 7) is 5.71. The van der Waals surface area contributed by atoms with Crippen molar-refractivity contribution in [3.63, 3.8) is 0 Å². The van der Waals surface area contributed by atoms with E-state index >= 15 is 0 Å². The van der Waals surface area contributed by atoms with Gasteiger partial charge >= 0.3 is 0 Å². The highest BCUT2D eigenvalue weighted by Gasteiger charge is 2.11. The molecule has 1 aliphatic heterocycles. The molecule has 0 spiro atoms. The van der Waals surface area contributed by atoms with Crippen LogP contribution in [0.25, 0.3) is 0 Å². The van der Waals surface area contributed by atoms with Gasteiger partial charge in [-0.2, -0.15) is 0 Å². The molecule has 0 amide bonds. The van der Waals surface area contributed by atoms with Crippen LogP contribution in [0.15, 0.2) is 24.3 Å². The monoisotopic (exact) mass is 262 g/mol. The Labute approximate surface area is 116 Å². The van der Waals surface area contributed by atoms with Gasteiger partial charge < -0.3 is 15.3 Å². The highest BCUT2D eigenvalue weighted by Crippen LogP contribution is 2.20. The fourth-order valence-electron chi connectivity index (χ4n) is 2.67. The first-order chi connectivity index (χ1) is 9.33. The van der Waals surface area contributed by atoms with Gasteiger partial charge in [0, 0.05) is 38.0 Å². The van der Waals surface area contributed by atoms with E-state index in [1.807, 2.05) is 0 Å². The van der Waals surface area contributed by atoms with Crippen LogP contribution >= 0.6 is 0 Å². The minimum absolute atomic E-state index is 0.263. The van der Waals surface area contributed by atoms with Crippen LogP contribution in [-0.4, -0.2) is 30.8 Å². The number of aliphatic hydroxyl groups excluding tert-OH is 1. The summed E-state index contributed by atoms with van der Waals surface area (Å²) in [4.78, 5) is 2.46. The zero-order chi connectivity index (χ0) is 13.5. The Morgan fingerprint density at radius 1 is 1.21 bits per heavy atom. The number of rotatable bonds is 7. The Bertz CT molecular complexity index is 358. The van der Waals surface area contributed by atoms with Crippen LogP contribution in [0.1, 0.15) is 38.2 Å². The highest BCUT2D eigenvalue weighted by atomic mass is 16.3. The van der Waals surface area contributed by atoms with E-state index < -0.39 is 0 Å². The van der Waals surface area contributed by atoms with Crippen molar-refractivity contribution >= 4 is 5.69 Å². The van der Waals surface area contributed by atoms with Gasteiger partial charge in [-0.05, 0) is 43.4 Å². The normalized spacial score (nSPS) is 16.8. The molecule has 2 N–H and O–H groups in total. The fourth-order valence-corrected chi connectivity index (χ4v) is 2.67. The predicted octanol–water partition coefficient (Wildman–Crippen LogP) is 2.54. The molecule has 0 aliphatic carbocycles. The number of benzene rings is 1. The van der Waals surface area contributed by atoms with Crippen molar-refractivity contribution in [3.8, 4) is 0 Å². The first kappa shape index (κ1) is 14.4. The predicted molar refractivity (Wildman–Crippen MR) is 80.5 cm³/mol. The average Bonchev–Trinajstić information content (AvgIpc) is 2.98. The van der Waals surface area contributed by atoms with E-state index in [1.54, 1.807) is 0 Å². The summed E-state index contributed by atoms with van der Waals surface area (Å²) in [5.41, 5.74) is 2.67. The summed E-state index contributed by atoms with van der Waals surface area (Å²) in [7, 11) is 0. The lowest BCUT2D eigenvalue weighted by Gasteiger charge is -2.19. The number of hydrogen-bond donors (Lipinski definition) is 2. The van der Waals surface area contributed by atoms with Crippen molar-refractivity contribution in [2.24, 2.45) is 0 Å². The van der Waals surface area contributed by atoms with Crippen LogP contribution < -0.4 is 10.2 Å². The first-order valence-electron chi connectivity index (χ1n) is 7.51. The number of hydrogen-bond acceptors (Lipinski definition) is 3. The number of nitrogens with zero attached hydrogens (tertiary/aromatic N) is 1. The van der Waals surface area contributed by atoms with Gasteiger partial charge in [0.1, 0.15) is 0 Å². The quantitative estimate of drug-likeness (QED) is 0.792. The smallest absolute Gasteiger partial charge is 0.0445 e. The molecule has 1 aromatic rings. The molecule has 1 aliphatic rings. The van der Waals surface area contributed by atoms with Crippen LogP contribution in [0.2, 0.25) is 0 Å². The number of aliphatic hydroxyl groups is 1. The van der Waals surface area contributed by atoms with Gasteiger partial charge in [-0.3, -0.25) is 0 Å². The SMILES string of the molecule is CCC(CCO)NCc1ccc(N2CCCC2)cc1. The standard InChI is InChI=1S/C16H26N2O/c1-2-15(9-12-19)17-13-14-5-7-16(8-6-14)18-10-3-4-11-18/h5-8,15,17,19H,2-4,9-13H2,1H3. The molecule has 1 unspecified atom stereocenters. The maximum absolute atomic E-state index is 8.98. The summed E-state index contributed by atoms with van der Waals surface area (Å²) < 4.78 is 0. The Morgan fingerprint density at radius 2 is 1.89 bits per heavy atom. The molecular formula is C16H26N2O. The average molecular weight is 262 g/mol. The van der Waals surface area contributed by atoms with Crippen molar-refractivity contribution in [3.05, 3.63) is 29.8 Å². The third-order valence-corrected chi connectivity index (χ3v) is 3.97. The number of nitrogens with one attached hydrogen (secondary N) is 1. The molecule has 1 saturated heterocycles. The van der Waals surface area contributed by atoms with Crippen molar-refractivity contribution < 1.29 is 5.11 Å². The Hall–Kier alpha value is -1.06. The molecule has 1 aromatic carbocycles. The second-order valence-corrected chi connectivity index (χ2v) is 5.36. The lowest BCUT2D eigenvalue weighted by molar-refractivity contribution is 0.262. The van der Waals surface area contributed by atoms with Gasteiger partial charge in [0.15, 0.2) is 0 Å². The van der Waals surface area contributed by atoms with E-state index in [1.165, 1.54) is 37.2 Å². The second kappa shape index (κ2) is 7.51. The van der Waals surface area contributed by atoms with E-state index in [2.05, 4.69) is 41.4 Å². The molecule has 19 heavy (non-hydrogen) atoms. The molecule has 106 valence electrons. The molecule has 1 fully saturated rings. The van der Waals surface area contributed by atoms with Crippen molar-refractivity contribution in [1.82, 2.24) is 5.32 Å². The lowest BCUT2D eigenvalue weighted by atomic mass is 10.1. The van der Waals surface area contributed by atoms with E-state index in [9.17, 15) is 0 Å². The minimum atomic E-state index is 0.263. The van der Waals surface area contributed by atoms with Crippen LogP contribution in [0.4, 0.5) is 5.69 Å². The molecule has 3 heteroatoms. The first-order valence-corrected chi connectivity index (χ1v) is 7.51. The molecule has 2 rings (SSSR count).